The Kier molecular flexibility index (Phi) is 2.71. The summed E-state index contributed by atoms with van der Waals surface area (Å²) in [6.07, 6.45) is 5.22. The molecule has 1 N–H and O–H groups in total. The van der Waals surface area contributed by atoms with Crippen molar-refractivity contribution < 1.29 is 0 Å². The summed E-state index contributed by atoms with van der Waals surface area (Å²) in [6.45, 7) is 0.702. The van der Waals surface area contributed by atoms with Crippen molar-refractivity contribution in [3.8, 4) is 0 Å². The molecule has 70 valence electrons. The van der Waals surface area contributed by atoms with E-state index in [0.29, 0.717) is 6.54 Å². The molecular formula is C11H11N3. The number of benzene rings is 1. The predicted octanol–water partition coefficient (Wildman–Crippen LogP) is 2.03. The molecule has 0 radical (unpaired) electrons. The van der Waals surface area contributed by atoms with Gasteiger partial charge in [-0.3, -0.25) is 4.99 Å². The molecule has 0 unspecified atom stereocenters. The van der Waals surface area contributed by atoms with Crippen LogP contribution >= 0.6 is 0 Å². The molecule has 2 aromatic rings. The van der Waals surface area contributed by atoms with Crippen LogP contribution in [0, 0.1) is 0 Å². The van der Waals surface area contributed by atoms with E-state index in [1.54, 1.807) is 12.5 Å². The van der Waals surface area contributed by atoms with Gasteiger partial charge in [0, 0.05) is 12.4 Å². The first-order valence-electron chi connectivity index (χ1n) is 4.48. The zero-order chi connectivity index (χ0) is 9.64. The number of nitrogens with one attached hydrogen (secondary N) is 1. The molecule has 0 fully saturated rings. The van der Waals surface area contributed by atoms with Gasteiger partial charge in [-0.15, -0.1) is 0 Å². The molecule has 1 aromatic carbocycles. The van der Waals surface area contributed by atoms with Crippen LogP contribution < -0.4 is 0 Å². The minimum Gasteiger partial charge on any atom is -0.351 e. The van der Waals surface area contributed by atoms with Crippen LogP contribution in [0.1, 0.15) is 11.3 Å². The highest BCUT2D eigenvalue weighted by Gasteiger charge is 1.88. The van der Waals surface area contributed by atoms with E-state index in [-0.39, 0.29) is 0 Å². The zero-order valence-electron chi connectivity index (χ0n) is 7.72. The lowest BCUT2D eigenvalue weighted by molar-refractivity contribution is 1.07. The third kappa shape index (κ3) is 2.29. The number of H-pyrrole nitrogens is 1. The monoisotopic (exact) mass is 185 g/mol. The second kappa shape index (κ2) is 4.37. The highest BCUT2D eigenvalue weighted by Crippen LogP contribution is 1.99. The summed E-state index contributed by atoms with van der Waals surface area (Å²) in [6, 6.07) is 10.1. The van der Waals surface area contributed by atoms with Crippen LogP contribution in [0.4, 0.5) is 0 Å². The van der Waals surface area contributed by atoms with Gasteiger partial charge in [0.1, 0.15) is 0 Å². The minimum absolute atomic E-state index is 0.702. The number of aromatic amines is 1. The van der Waals surface area contributed by atoms with E-state index in [4.69, 9.17) is 0 Å². The van der Waals surface area contributed by atoms with Crippen molar-refractivity contribution >= 4 is 6.21 Å². The Morgan fingerprint density at radius 2 is 2.14 bits per heavy atom. The first-order chi connectivity index (χ1) is 6.95. The molecule has 0 saturated heterocycles. The maximum Gasteiger partial charge on any atom is 0.0985 e. The van der Waals surface area contributed by atoms with Gasteiger partial charge < -0.3 is 4.98 Å². The highest BCUT2D eigenvalue weighted by atomic mass is 14.9. The SMILES string of the molecule is C(=N\Cc1ccccc1)/c1c[nH]cn1. The molecule has 0 aliphatic heterocycles. The van der Waals surface area contributed by atoms with E-state index in [9.17, 15) is 0 Å². The van der Waals surface area contributed by atoms with Crippen molar-refractivity contribution in [2.45, 2.75) is 6.54 Å². The van der Waals surface area contributed by atoms with E-state index in [2.05, 4.69) is 27.1 Å². The summed E-state index contributed by atoms with van der Waals surface area (Å²) in [7, 11) is 0. The smallest absolute Gasteiger partial charge is 0.0985 e. The van der Waals surface area contributed by atoms with Crippen molar-refractivity contribution in [2.24, 2.45) is 4.99 Å². The van der Waals surface area contributed by atoms with Crippen LogP contribution in [0.2, 0.25) is 0 Å². The second-order valence-electron chi connectivity index (χ2n) is 2.95. The largest absolute Gasteiger partial charge is 0.351 e. The Bertz CT molecular complexity index is 390. The first kappa shape index (κ1) is 8.69. The third-order valence-electron chi connectivity index (χ3n) is 1.86. The lowest BCUT2D eigenvalue weighted by atomic mass is 10.2. The minimum atomic E-state index is 0.702. The van der Waals surface area contributed by atoms with E-state index in [0.717, 1.165) is 5.69 Å². The molecule has 1 heterocycles. The molecule has 14 heavy (non-hydrogen) atoms. The number of hydrogen-bond donors (Lipinski definition) is 1. The molecule has 0 aliphatic rings. The van der Waals surface area contributed by atoms with E-state index >= 15 is 0 Å². The molecule has 0 spiro atoms. The molecule has 1 aromatic heterocycles. The van der Waals surface area contributed by atoms with Crippen LogP contribution in [0.15, 0.2) is 47.8 Å². The fourth-order valence-corrected chi connectivity index (χ4v) is 1.17. The molecule has 0 bridgehead atoms. The molecule has 0 saturated carbocycles. The molecule has 3 nitrogen and oxygen atoms in total. The van der Waals surface area contributed by atoms with Gasteiger partial charge in [-0.2, -0.15) is 0 Å². The molecule has 2 rings (SSSR count). The maximum absolute atomic E-state index is 4.28. The number of aliphatic imine (C=N–C) groups is 1. The summed E-state index contributed by atoms with van der Waals surface area (Å²) in [5, 5.41) is 0. The van der Waals surface area contributed by atoms with Crippen molar-refractivity contribution in [1.82, 2.24) is 9.97 Å². The summed E-state index contributed by atoms with van der Waals surface area (Å²) in [5.74, 6) is 0. The Labute approximate surface area is 82.5 Å². The number of imidazole rings is 1. The van der Waals surface area contributed by atoms with E-state index < -0.39 is 0 Å². The maximum atomic E-state index is 4.28. The van der Waals surface area contributed by atoms with Crippen molar-refractivity contribution in [3.63, 3.8) is 0 Å². The fraction of sp³-hybridized carbons (Fsp3) is 0.0909. The van der Waals surface area contributed by atoms with E-state index in [1.807, 2.05) is 24.4 Å². The predicted molar refractivity (Wildman–Crippen MR) is 56.3 cm³/mol. The Morgan fingerprint density at radius 1 is 1.29 bits per heavy atom. The lowest BCUT2D eigenvalue weighted by Crippen LogP contribution is -1.83. The number of nitrogens with zero attached hydrogens (tertiary/aromatic N) is 2. The van der Waals surface area contributed by atoms with Gasteiger partial charge in [0.05, 0.1) is 18.6 Å². The summed E-state index contributed by atoms with van der Waals surface area (Å²) in [5.41, 5.74) is 2.07. The standard InChI is InChI=1S/C11H11N3/c1-2-4-10(5-3-1)6-12-7-11-8-13-9-14-11/h1-5,7-9H,6H2,(H,13,14)/b12-7+. The Balaban J connectivity index is 1.95. The summed E-state index contributed by atoms with van der Waals surface area (Å²) >= 11 is 0. The average Bonchev–Trinajstić information content (AvgIpc) is 2.72. The topological polar surface area (TPSA) is 41.0 Å². The number of hydrogen-bond acceptors (Lipinski definition) is 2. The summed E-state index contributed by atoms with van der Waals surface area (Å²) < 4.78 is 0. The van der Waals surface area contributed by atoms with Gasteiger partial charge in [0.25, 0.3) is 0 Å². The van der Waals surface area contributed by atoms with Crippen LogP contribution in [-0.2, 0) is 6.54 Å². The fourth-order valence-electron chi connectivity index (χ4n) is 1.17. The van der Waals surface area contributed by atoms with Crippen molar-refractivity contribution in [2.75, 3.05) is 0 Å². The van der Waals surface area contributed by atoms with E-state index in [1.165, 1.54) is 5.56 Å². The molecule has 0 atom stereocenters. The average molecular weight is 185 g/mol. The molecule has 0 aliphatic carbocycles. The Hall–Kier alpha value is -1.90. The van der Waals surface area contributed by atoms with Crippen LogP contribution in [-0.4, -0.2) is 16.2 Å². The van der Waals surface area contributed by atoms with Crippen LogP contribution in [0.3, 0.4) is 0 Å². The molecular weight excluding hydrogens is 174 g/mol. The third-order valence-corrected chi connectivity index (χ3v) is 1.86. The van der Waals surface area contributed by atoms with Crippen molar-refractivity contribution in [3.05, 3.63) is 54.1 Å². The quantitative estimate of drug-likeness (QED) is 0.730. The van der Waals surface area contributed by atoms with Gasteiger partial charge in [-0.1, -0.05) is 30.3 Å². The van der Waals surface area contributed by atoms with Crippen LogP contribution in [0.25, 0.3) is 0 Å². The lowest BCUT2D eigenvalue weighted by Gasteiger charge is -1.93. The van der Waals surface area contributed by atoms with Gasteiger partial charge in [0.15, 0.2) is 0 Å². The molecule has 3 heteroatoms. The van der Waals surface area contributed by atoms with Gasteiger partial charge in [-0.25, -0.2) is 4.98 Å². The number of rotatable bonds is 3. The first-order valence-corrected chi connectivity index (χ1v) is 4.48. The van der Waals surface area contributed by atoms with Gasteiger partial charge in [-0.05, 0) is 5.56 Å². The summed E-state index contributed by atoms with van der Waals surface area (Å²) in [4.78, 5) is 11.2. The number of aromatic nitrogens is 2. The van der Waals surface area contributed by atoms with Crippen molar-refractivity contribution in [1.29, 1.82) is 0 Å². The highest BCUT2D eigenvalue weighted by molar-refractivity contribution is 5.76. The van der Waals surface area contributed by atoms with Crippen LogP contribution in [0.5, 0.6) is 0 Å². The zero-order valence-corrected chi connectivity index (χ0v) is 7.72. The normalized spacial score (nSPS) is 10.9. The second-order valence-corrected chi connectivity index (χ2v) is 2.95. The van der Waals surface area contributed by atoms with Gasteiger partial charge in [0.2, 0.25) is 0 Å². The van der Waals surface area contributed by atoms with Gasteiger partial charge >= 0.3 is 0 Å². The Morgan fingerprint density at radius 3 is 2.86 bits per heavy atom. The molecule has 0 amide bonds.